The Labute approximate surface area is 182 Å². The van der Waals surface area contributed by atoms with Gasteiger partial charge in [0.05, 0.1) is 21.8 Å². The second kappa shape index (κ2) is 6.87. The minimum Gasteiger partial charge on any atom is -0.372 e. The van der Waals surface area contributed by atoms with E-state index < -0.39 is 10.0 Å². The summed E-state index contributed by atoms with van der Waals surface area (Å²) in [4.78, 5) is 0.252. The van der Waals surface area contributed by atoms with Crippen LogP contribution in [0.15, 0.2) is 59.6 Å². The minimum atomic E-state index is -3.56. The number of piperidine rings is 1. The number of hydrogen-bond donors (Lipinski definition) is 1. The van der Waals surface area contributed by atoms with E-state index in [1.165, 1.54) is 28.6 Å². The number of nitrogens with one attached hydrogen (secondary N) is 1. The summed E-state index contributed by atoms with van der Waals surface area (Å²) in [6.07, 6.45) is 3.50. The molecule has 1 N–H and O–H groups in total. The molecule has 0 amide bonds. The minimum absolute atomic E-state index is 0.252. The highest BCUT2D eigenvalue weighted by atomic mass is 35.5. The molecular weight excluding hydrogens is 418 g/mol. The third-order valence-corrected chi connectivity index (χ3v) is 8.70. The van der Waals surface area contributed by atoms with E-state index in [1.807, 2.05) is 0 Å². The van der Waals surface area contributed by atoms with Gasteiger partial charge in [0.15, 0.2) is 0 Å². The van der Waals surface area contributed by atoms with E-state index in [4.69, 9.17) is 11.6 Å². The van der Waals surface area contributed by atoms with E-state index in [1.54, 1.807) is 22.5 Å². The van der Waals surface area contributed by atoms with E-state index in [9.17, 15) is 8.42 Å². The maximum atomic E-state index is 13.1. The number of halogens is 1. The smallest absolute Gasteiger partial charge is 0.243 e. The zero-order chi connectivity index (χ0) is 21.1. The predicted octanol–water partition coefficient (Wildman–Crippen LogP) is 4.85. The van der Waals surface area contributed by atoms with Crippen molar-refractivity contribution in [3.05, 3.63) is 76.6 Å². The molecule has 0 saturated carbocycles. The van der Waals surface area contributed by atoms with Gasteiger partial charge in [-0.25, -0.2) is 8.42 Å². The first-order valence-electron chi connectivity index (χ1n) is 10.1. The van der Waals surface area contributed by atoms with Crippen LogP contribution < -0.4 is 5.32 Å². The number of aryl methyl sites for hydroxylation is 1. The summed E-state index contributed by atoms with van der Waals surface area (Å²) in [5.74, 6) is 0. The Balaban J connectivity index is 1.47. The molecule has 0 radical (unpaired) electrons. The zero-order valence-corrected chi connectivity index (χ0v) is 18.6. The van der Waals surface area contributed by atoms with Crippen molar-refractivity contribution in [3.63, 3.8) is 0 Å². The van der Waals surface area contributed by atoms with Gasteiger partial charge >= 0.3 is 0 Å². The van der Waals surface area contributed by atoms with Gasteiger partial charge in [-0.3, -0.25) is 0 Å². The van der Waals surface area contributed by atoms with E-state index in [0.717, 1.165) is 5.69 Å². The number of aromatic nitrogens is 1. The normalized spacial score (nSPS) is 18.0. The van der Waals surface area contributed by atoms with Crippen molar-refractivity contribution in [2.45, 2.75) is 37.1 Å². The van der Waals surface area contributed by atoms with Crippen molar-refractivity contribution in [2.75, 3.05) is 18.4 Å². The van der Waals surface area contributed by atoms with Gasteiger partial charge in [0.1, 0.15) is 0 Å². The predicted molar refractivity (Wildman–Crippen MR) is 120 cm³/mol. The van der Waals surface area contributed by atoms with Crippen molar-refractivity contribution in [2.24, 2.45) is 0 Å². The second-order valence-electron chi connectivity index (χ2n) is 8.24. The molecule has 3 aromatic rings. The molecule has 1 fully saturated rings. The number of hydrogen-bond acceptors (Lipinski definition) is 3. The zero-order valence-electron chi connectivity index (χ0n) is 17.0. The molecule has 0 atom stereocenters. The topological polar surface area (TPSA) is 54.3 Å². The van der Waals surface area contributed by atoms with Crippen molar-refractivity contribution < 1.29 is 8.42 Å². The fourth-order valence-electron chi connectivity index (χ4n) is 4.77. The average molecular weight is 442 g/mol. The molecule has 1 aromatic heterocycles. The summed E-state index contributed by atoms with van der Waals surface area (Å²) in [7, 11) is -3.56. The molecule has 0 unspecified atom stereocenters. The van der Waals surface area contributed by atoms with Crippen LogP contribution in [0.3, 0.4) is 0 Å². The van der Waals surface area contributed by atoms with Crippen molar-refractivity contribution in [3.8, 4) is 5.69 Å². The molecule has 1 spiro atoms. The lowest BCUT2D eigenvalue weighted by molar-refractivity contribution is 0.247. The first-order chi connectivity index (χ1) is 14.3. The number of nitrogens with zero attached hydrogens (tertiary/aromatic N) is 2. The van der Waals surface area contributed by atoms with Crippen LogP contribution in [0.2, 0.25) is 5.02 Å². The van der Waals surface area contributed by atoms with Crippen LogP contribution in [0, 0.1) is 13.8 Å². The van der Waals surface area contributed by atoms with Crippen LogP contribution in [0.5, 0.6) is 0 Å². The molecule has 0 aliphatic carbocycles. The summed E-state index contributed by atoms with van der Waals surface area (Å²) in [6.45, 7) is 5.18. The Morgan fingerprint density at radius 2 is 1.80 bits per heavy atom. The van der Waals surface area contributed by atoms with Crippen LogP contribution >= 0.6 is 11.6 Å². The summed E-state index contributed by atoms with van der Waals surface area (Å²) in [5, 5.41) is 4.21. The van der Waals surface area contributed by atoms with Gasteiger partial charge in [-0.05, 0) is 74.2 Å². The molecule has 5 rings (SSSR count). The standard InChI is InChI=1S/C23H24ClN3O2S/c1-16-8-9-20-22(17(16)2)27-12-4-7-21(27)23(25-20)10-13-26(14-11-23)30(28,29)19-6-3-5-18(24)15-19/h3-9,12,15,25H,10-11,13-14H2,1-2H3. The number of fused-ring (bicyclic) bond motifs is 4. The fraction of sp³-hybridized carbons (Fsp3) is 0.304. The first kappa shape index (κ1) is 19.7. The number of benzene rings is 2. The Bertz CT molecular complexity index is 1240. The van der Waals surface area contributed by atoms with Gasteiger partial charge in [-0.1, -0.05) is 23.7 Å². The lowest BCUT2D eigenvalue weighted by Gasteiger charge is -2.46. The molecule has 3 heterocycles. The number of sulfonamides is 1. The van der Waals surface area contributed by atoms with E-state index in [2.05, 4.69) is 54.2 Å². The molecule has 7 heteroatoms. The number of anilines is 1. The van der Waals surface area contributed by atoms with Crippen molar-refractivity contribution in [1.82, 2.24) is 8.87 Å². The second-order valence-corrected chi connectivity index (χ2v) is 10.6. The largest absolute Gasteiger partial charge is 0.372 e. The van der Waals surface area contributed by atoms with Crippen LogP contribution in [0.1, 0.15) is 29.7 Å². The number of rotatable bonds is 2. The van der Waals surface area contributed by atoms with Gasteiger partial charge in [0.25, 0.3) is 0 Å². The molecule has 1 saturated heterocycles. The first-order valence-corrected chi connectivity index (χ1v) is 12.0. The third-order valence-electron chi connectivity index (χ3n) is 6.57. The molecule has 30 heavy (non-hydrogen) atoms. The molecule has 5 nitrogen and oxygen atoms in total. The van der Waals surface area contributed by atoms with E-state index in [0.29, 0.717) is 31.0 Å². The average Bonchev–Trinajstić information content (AvgIpc) is 3.22. The Kier molecular flexibility index (Phi) is 4.51. The van der Waals surface area contributed by atoms with Crippen LogP contribution in [-0.2, 0) is 15.6 Å². The molecule has 0 bridgehead atoms. The highest BCUT2D eigenvalue weighted by molar-refractivity contribution is 7.89. The van der Waals surface area contributed by atoms with Crippen molar-refractivity contribution in [1.29, 1.82) is 0 Å². The molecular formula is C23H24ClN3O2S. The monoisotopic (exact) mass is 441 g/mol. The van der Waals surface area contributed by atoms with E-state index >= 15 is 0 Å². The molecule has 2 aliphatic rings. The van der Waals surface area contributed by atoms with Gasteiger partial charge < -0.3 is 9.88 Å². The molecule has 2 aromatic carbocycles. The lowest BCUT2D eigenvalue weighted by Crippen LogP contribution is -2.51. The van der Waals surface area contributed by atoms with E-state index in [-0.39, 0.29) is 10.4 Å². The maximum Gasteiger partial charge on any atom is 0.243 e. The fourth-order valence-corrected chi connectivity index (χ4v) is 6.51. The third kappa shape index (κ3) is 2.89. The van der Waals surface area contributed by atoms with Gasteiger partial charge in [0, 0.05) is 30.0 Å². The lowest BCUT2D eigenvalue weighted by atomic mass is 9.82. The van der Waals surface area contributed by atoms with Crippen LogP contribution in [-0.4, -0.2) is 30.4 Å². The quantitative estimate of drug-likeness (QED) is 0.618. The Morgan fingerprint density at radius 1 is 1.03 bits per heavy atom. The summed E-state index contributed by atoms with van der Waals surface area (Å²) < 4.78 is 30.1. The SMILES string of the molecule is Cc1ccc2c(c1C)-n1cccc1C1(CCN(S(=O)(=O)c3cccc(Cl)c3)CC1)N2. The summed E-state index contributed by atoms with van der Waals surface area (Å²) in [5.41, 5.74) is 5.73. The Hall–Kier alpha value is -2.28. The highest BCUT2D eigenvalue weighted by Gasteiger charge is 2.44. The van der Waals surface area contributed by atoms with Gasteiger partial charge in [-0.2, -0.15) is 4.31 Å². The van der Waals surface area contributed by atoms with Gasteiger partial charge in [0.2, 0.25) is 10.0 Å². The Morgan fingerprint density at radius 3 is 2.53 bits per heavy atom. The highest BCUT2D eigenvalue weighted by Crippen LogP contribution is 2.45. The van der Waals surface area contributed by atoms with Crippen molar-refractivity contribution >= 4 is 27.3 Å². The summed E-state index contributed by atoms with van der Waals surface area (Å²) in [6, 6.07) is 15.0. The summed E-state index contributed by atoms with van der Waals surface area (Å²) >= 11 is 6.03. The molecule has 156 valence electrons. The van der Waals surface area contributed by atoms with Crippen LogP contribution in [0.25, 0.3) is 5.69 Å². The maximum absolute atomic E-state index is 13.1. The van der Waals surface area contributed by atoms with Gasteiger partial charge in [-0.15, -0.1) is 0 Å². The molecule has 2 aliphatic heterocycles. The van der Waals surface area contributed by atoms with Crippen LogP contribution in [0.4, 0.5) is 5.69 Å².